The van der Waals surface area contributed by atoms with E-state index in [4.69, 9.17) is 0 Å². The number of amides is 1. The molecule has 0 bridgehead atoms. The molecule has 1 aliphatic carbocycles. The van der Waals surface area contributed by atoms with E-state index >= 15 is 0 Å². The molecule has 2 rings (SSSR count). The first-order valence-corrected chi connectivity index (χ1v) is 5.63. The first kappa shape index (κ1) is 9.97. The summed E-state index contributed by atoms with van der Waals surface area (Å²) in [5.74, 6) is 0.927. The molecule has 0 aromatic heterocycles. The van der Waals surface area contributed by atoms with Gasteiger partial charge in [-0.15, -0.1) is 0 Å². The number of carbonyl (C=O) groups is 1. The van der Waals surface area contributed by atoms with Gasteiger partial charge in [-0.05, 0) is 38.6 Å². The van der Waals surface area contributed by atoms with Crippen LogP contribution in [-0.2, 0) is 4.79 Å². The van der Waals surface area contributed by atoms with Crippen LogP contribution in [0.1, 0.15) is 33.1 Å². The van der Waals surface area contributed by atoms with Gasteiger partial charge in [0.15, 0.2) is 0 Å². The third-order valence-electron chi connectivity index (χ3n) is 3.74. The van der Waals surface area contributed by atoms with Crippen molar-refractivity contribution in [2.24, 2.45) is 11.8 Å². The normalized spacial score (nSPS) is 35.0. The Morgan fingerprint density at radius 3 is 2.57 bits per heavy atom. The van der Waals surface area contributed by atoms with E-state index in [0.29, 0.717) is 5.92 Å². The van der Waals surface area contributed by atoms with Gasteiger partial charge >= 0.3 is 0 Å². The summed E-state index contributed by atoms with van der Waals surface area (Å²) in [7, 11) is 0. The Kier molecular flexibility index (Phi) is 2.52. The second-order valence-corrected chi connectivity index (χ2v) is 5.15. The van der Waals surface area contributed by atoms with E-state index in [1.807, 2.05) is 0 Å². The Morgan fingerprint density at radius 1 is 1.43 bits per heavy atom. The second kappa shape index (κ2) is 3.54. The number of nitrogens with one attached hydrogen (secondary N) is 2. The van der Waals surface area contributed by atoms with E-state index in [0.717, 1.165) is 25.9 Å². The SMILES string of the molecule is CC1CNCC1C(=O)NC1(C)CCC1. The first-order valence-electron chi connectivity index (χ1n) is 5.63. The molecule has 1 saturated heterocycles. The van der Waals surface area contributed by atoms with Crippen LogP contribution in [0.25, 0.3) is 0 Å². The number of hydrogen-bond acceptors (Lipinski definition) is 2. The maximum Gasteiger partial charge on any atom is 0.225 e. The number of hydrogen-bond donors (Lipinski definition) is 2. The van der Waals surface area contributed by atoms with Crippen LogP contribution in [0.3, 0.4) is 0 Å². The molecule has 2 atom stereocenters. The highest BCUT2D eigenvalue weighted by Gasteiger charge is 2.37. The Bertz CT molecular complexity index is 235. The van der Waals surface area contributed by atoms with Gasteiger partial charge in [0.05, 0.1) is 5.92 Å². The lowest BCUT2D eigenvalue weighted by atomic mass is 9.78. The van der Waals surface area contributed by atoms with Crippen LogP contribution < -0.4 is 10.6 Å². The fourth-order valence-corrected chi connectivity index (χ4v) is 2.38. The summed E-state index contributed by atoms with van der Waals surface area (Å²) in [5.41, 5.74) is 0.111. The molecule has 2 N–H and O–H groups in total. The summed E-state index contributed by atoms with van der Waals surface area (Å²) in [6.45, 7) is 6.13. The molecule has 80 valence electrons. The summed E-state index contributed by atoms with van der Waals surface area (Å²) in [6.07, 6.45) is 3.55. The second-order valence-electron chi connectivity index (χ2n) is 5.15. The van der Waals surface area contributed by atoms with Crippen LogP contribution in [-0.4, -0.2) is 24.5 Å². The Hall–Kier alpha value is -0.570. The molecule has 3 nitrogen and oxygen atoms in total. The zero-order valence-corrected chi connectivity index (χ0v) is 9.10. The van der Waals surface area contributed by atoms with Gasteiger partial charge in [-0.3, -0.25) is 4.79 Å². The monoisotopic (exact) mass is 196 g/mol. The first-order chi connectivity index (χ1) is 6.61. The Balaban J connectivity index is 1.88. The fraction of sp³-hybridized carbons (Fsp3) is 0.909. The Morgan fingerprint density at radius 2 is 2.14 bits per heavy atom. The lowest BCUT2D eigenvalue weighted by molar-refractivity contribution is -0.128. The molecule has 0 radical (unpaired) electrons. The van der Waals surface area contributed by atoms with E-state index in [9.17, 15) is 4.79 Å². The van der Waals surface area contributed by atoms with Crippen molar-refractivity contribution in [3.05, 3.63) is 0 Å². The van der Waals surface area contributed by atoms with Crippen LogP contribution in [0.2, 0.25) is 0 Å². The third-order valence-corrected chi connectivity index (χ3v) is 3.74. The minimum absolute atomic E-state index is 0.111. The summed E-state index contributed by atoms with van der Waals surface area (Å²) in [6, 6.07) is 0. The molecule has 1 heterocycles. The average molecular weight is 196 g/mol. The van der Waals surface area contributed by atoms with Crippen molar-refractivity contribution < 1.29 is 4.79 Å². The van der Waals surface area contributed by atoms with E-state index in [1.165, 1.54) is 6.42 Å². The molecule has 1 aliphatic heterocycles. The molecule has 0 aromatic rings. The van der Waals surface area contributed by atoms with Crippen molar-refractivity contribution in [3.63, 3.8) is 0 Å². The fourth-order valence-electron chi connectivity index (χ4n) is 2.38. The zero-order chi connectivity index (χ0) is 10.2. The number of carbonyl (C=O) groups excluding carboxylic acids is 1. The van der Waals surface area contributed by atoms with Crippen molar-refractivity contribution in [2.45, 2.75) is 38.6 Å². The molecule has 3 heteroatoms. The highest BCUT2D eigenvalue weighted by atomic mass is 16.2. The van der Waals surface area contributed by atoms with Gasteiger partial charge in [0.25, 0.3) is 0 Å². The molecule has 14 heavy (non-hydrogen) atoms. The molecular weight excluding hydrogens is 176 g/mol. The molecule has 2 fully saturated rings. The van der Waals surface area contributed by atoms with E-state index in [2.05, 4.69) is 24.5 Å². The molecule has 2 unspecified atom stereocenters. The molecular formula is C11H20N2O. The zero-order valence-electron chi connectivity index (χ0n) is 9.10. The predicted octanol–water partition coefficient (Wildman–Crippen LogP) is 0.901. The van der Waals surface area contributed by atoms with E-state index in [-0.39, 0.29) is 17.4 Å². The standard InChI is InChI=1S/C11H20N2O/c1-8-6-12-7-9(8)10(14)13-11(2)4-3-5-11/h8-9,12H,3-7H2,1-2H3,(H,13,14). The molecule has 0 spiro atoms. The minimum atomic E-state index is 0.111. The predicted molar refractivity (Wildman–Crippen MR) is 55.9 cm³/mol. The quantitative estimate of drug-likeness (QED) is 0.689. The third kappa shape index (κ3) is 1.78. The van der Waals surface area contributed by atoms with Gasteiger partial charge < -0.3 is 10.6 Å². The van der Waals surface area contributed by atoms with Crippen molar-refractivity contribution in [2.75, 3.05) is 13.1 Å². The lowest BCUT2D eigenvalue weighted by Crippen LogP contribution is -2.53. The minimum Gasteiger partial charge on any atom is -0.351 e. The average Bonchev–Trinajstić information content (AvgIpc) is 2.48. The maximum atomic E-state index is 11.9. The lowest BCUT2D eigenvalue weighted by Gasteiger charge is -2.40. The van der Waals surface area contributed by atoms with E-state index in [1.54, 1.807) is 0 Å². The van der Waals surface area contributed by atoms with Crippen LogP contribution in [0.15, 0.2) is 0 Å². The maximum absolute atomic E-state index is 11.9. The van der Waals surface area contributed by atoms with Crippen molar-refractivity contribution in [1.29, 1.82) is 0 Å². The van der Waals surface area contributed by atoms with Crippen LogP contribution in [0.4, 0.5) is 0 Å². The summed E-state index contributed by atoms with van der Waals surface area (Å²) < 4.78 is 0. The van der Waals surface area contributed by atoms with Crippen molar-refractivity contribution >= 4 is 5.91 Å². The van der Waals surface area contributed by atoms with E-state index < -0.39 is 0 Å². The van der Waals surface area contributed by atoms with Gasteiger partial charge in [-0.2, -0.15) is 0 Å². The summed E-state index contributed by atoms with van der Waals surface area (Å²) in [4.78, 5) is 11.9. The van der Waals surface area contributed by atoms with Crippen molar-refractivity contribution in [3.8, 4) is 0 Å². The van der Waals surface area contributed by atoms with Crippen molar-refractivity contribution in [1.82, 2.24) is 10.6 Å². The van der Waals surface area contributed by atoms with Gasteiger partial charge in [-0.1, -0.05) is 6.92 Å². The Labute approximate surface area is 85.6 Å². The molecule has 1 amide bonds. The topological polar surface area (TPSA) is 41.1 Å². The molecule has 0 aromatic carbocycles. The van der Waals surface area contributed by atoms with Gasteiger partial charge in [0.2, 0.25) is 5.91 Å². The molecule has 1 saturated carbocycles. The summed E-state index contributed by atoms with van der Waals surface area (Å²) >= 11 is 0. The van der Waals surface area contributed by atoms with Crippen LogP contribution in [0, 0.1) is 11.8 Å². The van der Waals surface area contributed by atoms with Crippen LogP contribution >= 0.6 is 0 Å². The van der Waals surface area contributed by atoms with Gasteiger partial charge in [0, 0.05) is 12.1 Å². The highest BCUT2D eigenvalue weighted by molar-refractivity contribution is 5.80. The smallest absolute Gasteiger partial charge is 0.225 e. The van der Waals surface area contributed by atoms with Crippen LogP contribution in [0.5, 0.6) is 0 Å². The van der Waals surface area contributed by atoms with Gasteiger partial charge in [0.1, 0.15) is 0 Å². The van der Waals surface area contributed by atoms with Gasteiger partial charge in [-0.25, -0.2) is 0 Å². The molecule has 2 aliphatic rings. The largest absolute Gasteiger partial charge is 0.351 e. The highest BCUT2D eigenvalue weighted by Crippen LogP contribution is 2.31. The summed E-state index contributed by atoms with van der Waals surface area (Å²) in [5, 5.41) is 6.45. The number of rotatable bonds is 2.